The van der Waals surface area contributed by atoms with Gasteiger partial charge in [0.2, 0.25) is 0 Å². The van der Waals surface area contributed by atoms with Crippen molar-refractivity contribution in [2.75, 3.05) is 7.11 Å². The van der Waals surface area contributed by atoms with E-state index in [1.54, 1.807) is 18.2 Å². The van der Waals surface area contributed by atoms with E-state index in [0.29, 0.717) is 24.2 Å². The number of carbonyl (C=O) groups is 2. The Morgan fingerprint density at radius 3 is 2.75 bits per heavy atom. The average Bonchev–Trinajstić information content (AvgIpc) is 2.74. The van der Waals surface area contributed by atoms with E-state index in [4.69, 9.17) is 4.74 Å². The van der Waals surface area contributed by atoms with E-state index in [0.717, 1.165) is 6.42 Å². The maximum Gasteiger partial charge on any atom is 0.177 e. The van der Waals surface area contributed by atoms with Gasteiger partial charge in [-0.2, -0.15) is 0 Å². The third-order valence-electron chi connectivity index (χ3n) is 2.99. The van der Waals surface area contributed by atoms with Crippen LogP contribution in [0.5, 0.6) is 5.75 Å². The predicted octanol–water partition coefficient (Wildman–Crippen LogP) is 2.25. The molecule has 1 aromatic carbocycles. The van der Waals surface area contributed by atoms with Crippen LogP contribution in [-0.2, 0) is 4.79 Å². The number of para-hydroxylation sites is 1. The van der Waals surface area contributed by atoms with Gasteiger partial charge in [0.25, 0.3) is 0 Å². The number of benzene rings is 1. The highest BCUT2D eigenvalue weighted by atomic mass is 16.5. The van der Waals surface area contributed by atoms with Crippen molar-refractivity contribution in [3.63, 3.8) is 0 Å². The molecule has 3 nitrogen and oxygen atoms in total. The van der Waals surface area contributed by atoms with Gasteiger partial charge in [0, 0.05) is 6.42 Å². The summed E-state index contributed by atoms with van der Waals surface area (Å²) in [6.07, 6.45) is 2.03. The maximum absolute atomic E-state index is 12.1. The Morgan fingerprint density at radius 2 is 2.12 bits per heavy atom. The number of hydrogen-bond acceptors (Lipinski definition) is 3. The summed E-state index contributed by atoms with van der Waals surface area (Å²) < 4.78 is 5.13. The molecule has 16 heavy (non-hydrogen) atoms. The van der Waals surface area contributed by atoms with Crippen LogP contribution in [0, 0.1) is 5.92 Å². The summed E-state index contributed by atoms with van der Waals surface area (Å²) in [4.78, 5) is 23.7. The minimum absolute atomic E-state index is 0.0657. The van der Waals surface area contributed by atoms with Crippen LogP contribution in [-0.4, -0.2) is 18.7 Å². The molecule has 1 aliphatic carbocycles. The van der Waals surface area contributed by atoms with Gasteiger partial charge in [-0.25, -0.2) is 0 Å². The van der Waals surface area contributed by atoms with E-state index in [-0.39, 0.29) is 11.6 Å². The number of hydrogen-bond donors (Lipinski definition) is 0. The van der Waals surface area contributed by atoms with Gasteiger partial charge in [0.15, 0.2) is 5.78 Å². The molecule has 1 atom stereocenters. The lowest BCUT2D eigenvalue weighted by molar-refractivity contribution is -0.119. The largest absolute Gasteiger partial charge is 0.496 e. The number of ether oxygens (including phenoxy) is 1. The SMILES string of the molecule is COc1ccccc1C(=O)C1CCCC1=O. The second-order valence-corrected chi connectivity index (χ2v) is 3.98. The highest BCUT2D eigenvalue weighted by Crippen LogP contribution is 2.28. The molecule has 0 saturated heterocycles. The Hall–Kier alpha value is -1.64. The molecule has 1 fully saturated rings. The van der Waals surface area contributed by atoms with Gasteiger partial charge < -0.3 is 4.74 Å². The molecule has 1 aliphatic rings. The first kappa shape index (κ1) is 10.9. The van der Waals surface area contributed by atoms with E-state index in [9.17, 15) is 9.59 Å². The fourth-order valence-corrected chi connectivity index (χ4v) is 2.13. The summed E-state index contributed by atoms with van der Waals surface area (Å²) in [6, 6.07) is 7.06. The molecule has 0 aliphatic heterocycles. The van der Waals surface area contributed by atoms with E-state index >= 15 is 0 Å². The second-order valence-electron chi connectivity index (χ2n) is 3.98. The summed E-state index contributed by atoms with van der Waals surface area (Å²) in [6.45, 7) is 0. The molecular weight excluding hydrogens is 204 g/mol. The Labute approximate surface area is 94.4 Å². The van der Waals surface area contributed by atoms with Crippen molar-refractivity contribution in [3.8, 4) is 5.75 Å². The van der Waals surface area contributed by atoms with Crippen LogP contribution in [0.15, 0.2) is 24.3 Å². The summed E-state index contributed by atoms with van der Waals surface area (Å²) in [5, 5.41) is 0. The summed E-state index contributed by atoms with van der Waals surface area (Å²) in [5.41, 5.74) is 0.519. The Kier molecular flexibility index (Phi) is 3.04. The molecule has 84 valence electrons. The minimum Gasteiger partial charge on any atom is -0.496 e. The quantitative estimate of drug-likeness (QED) is 0.577. The van der Waals surface area contributed by atoms with Crippen molar-refractivity contribution in [1.82, 2.24) is 0 Å². The lowest BCUT2D eigenvalue weighted by Gasteiger charge is -2.10. The zero-order valence-electron chi connectivity index (χ0n) is 9.23. The van der Waals surface area contributed by atoms with Crippen LogP contribution in [0.2, 0.25) is 0 Å². The van der Waals surface area contributed by atoms with Crippen molar-refractivity contribution in [2.24, 2.45) is 5.92 Å². The first-order valence-electron chi connectivity index (χ1n) is 5.44. The molecule has 1 unspecified atom stereocenters. The molecule has 1 saturated carbocycles. The average molecular weight is 218 g/mol. The van der Waals surface area contributed by atoms with E-state index in [2.05, 4.69) is 0 Å². The fraction of sp³-hybridized carbons (Fsp3) is 0.385. The molecule has 0 amide bonds. The van der Waals surface area contributed by atoms with Crippen LogP contribution in [0.1, 0.15) is 29.6 Å². The molecule has 3 heteroatoms. The monoisotopic (exact) mass is 218 g/mol. The molecule has 0 radical (unpaired) electrons. The zero-order chi connectivity index (χ0) is 11.5. The van der Waals surface area contributed by atoms with Gasteiger partial charge in [0.05, 0.1) is 18.6 Å². The van der Waals surface area contributed by atoms with E-state index in [1.807, 2.05) is 6.07 Å². The summed E-state index contributed by atoms with van der Waals surface area (Å²) in [7, 11) is 1.53. The van der Waals surface area contributed by atoms with Crippen LogP contribution in [0.25, 0.3) is 0 Å². The lowest BCUT2D eigenvalue weighted by atomic mass is 9.95. The van der Waals surface area contributed by atoms with Crippen molar-refractivity contribution in [1.29, 1.82) is 0 Å². The van der Waals surface area contributed by atoms with Crippen molar-refractivity contribution >= 4 is 11.6 Å². The topological polar surface area (TPSA) is 43.4 Å². The summed E-state index contributed by atoms with van der Waals surface area (Å²) in [5.74, 6) is 0.0688. The Balaban J connectivity index is 2.30. The fourth-order valence-electron chi connectivity index (χ4n) is 2.13. The molecule has 0 spiro atoms. The van der Waals surface area contributed by atoms with Gasteiger partial charge in [-0.1, -0.05) is 12.1 Å². The zero-order valence-corrected chi connectivity index (χ0v) is 9.23. The predicted molar refractivity (Wildman–Crippen MR) is 59.7 cm³/mol. The van der Waals surface area contributed by atoms with Crippen molar-refractivity contribution in [2.45, 2.75) is 19.3 Å². The van der Waals surface area contributed by atoms with Gasteiger partial charge in [0.1, 0.15) is 11.5 Å². The molecular formula is C13H14O3. The highest BCUT2D eigenvalue weighted by Gasteiger charge is 2.32. The lowest BCUT2D eigenvalue weighted by Crippen LogP contribution is -2.19. The third-order valence-corrected chi connectivity index (χ3v) is 2.99. The number of rotatable bonds is 3. The smallest absolute Gasteiger partial charge is 0.177 e. The first-order valence-corrected chi connectivity index (χ1v) is 5.44. The van der Waals surface area contributed by atoms with Gasteiger partial charge in [-0.3, -0.25) is 9.59 Å². The number of Topliss-reactive ketones (excluding diaryl/α,β-unsaturated/α-hetero) is 2. The molecule has 0 bridgehead atoms. The normalized spacial score (nSPS) is 19.8. The van der Waals surface area contributed by atoms with Crippen molar-refractivity contribution in [3.05, 3.63) is 29.8 Å². The van der Waals surface area contributed by atoms with Gasteiger partial charge in [-0.05, 0) is 25.0 Å². The Bertz CT molecular complexity index is 423. The molecule has 0 heterocycles. The van der Waals surface area contributed by atoms with Crippen LogP contribution in [0.3, 0.4) is 0 Å². The molecule has 0 N–H and O–H groups in total. The standard InChI is InChI=1S/C13H14O3/c1-16-12-8-3-2-5-10(12)13(15)9-6-4-7-11(9)14/h2-3,5,8-9H,4,6-7H2,1H3. The third kappa shape index (κ3) is 1.85. The highest BCUT2D eigenvalue weighted by molar-refractivity contribution is 6.12. The maximum atomic E-state index is 12.1. The van der Waals surface area contributed by atoms with Gasteiger partial charge >= 0.3 is 0 Å². The van der Waals surface area contributed by atoms with Crippen molar-refractivity contribution < 1.29 is 14.3 Å². The Morgan fingerprint density at radius 1 is 1.38 bits per heavy atom. The number of carbonyl (C=O) groups excluding carboxylic acids is 2. The molecule has 0 aromatic heterocycles. The number of methoxy groups -OCH3 is 1. The van der Waals surface area contributed by atoms with Crippen LogP contribution >= 0.6 is 0 Å². The van der Waals surface area contributed by atoms with Crippen LogP contribution in [0.4, 0.5) is 0 Å². The van der Waals surface area contributed by atoms with Gasteiger partial charge in [-0.15, -0.1) is 0 Å². The molecule has 1 aromatic rings. The molecule has 2 rings (SSSR count). The second kappa shape index (κ2) is 4.47. The van der Waals surface area contributed by atoms with Crippen LogP contribution < -0.4 is 4.74 Å². The van der Waals surface area contributed by atoms with E-state index < -0.39 is 5.92 Å². The van der Waals surface area contributed by atoms with E-state index in [1.165, 1.54) is 7.11 Å². The summed E-state index contributed by atoms with van der Waals surface area (Å²) >= 11 is 0. The number of ketones is 2. The first-order chi connectivity index (χ1) is 7.74. The minimum atomic E-state index is -0.448.